The van der Waals surface area contributed by atoms with Gasteiger partial charge in [0.05, 0.1) is 22.8 Å². The van der Waals surface area contributed by atoms with Crippen LogP contribution in [0.4, 0.5) is 5.95 Å². The number of thioether (sulfide) groups is 1. The molecule has 1 aliphatic rings. The topological polar surface area (TPSA) is 131 Å². The lowest BCUT2D eigenvalue weighted by molar-refractivity contribution is -0.120. The minimum Gasteiger partial charge on any atom is -0.368 e. The average molecular weight is 305 g/mol. The molecule has 0 unspecified atom stereocenters. The van der Waals surface area contributed by atoms with Crippen molar-refractivity contribution in [3.8, 4) is 0 Å². The lowest BCUT2D eigenvalue weighted by Gasteiger charge is -2.23. The molecule has 2 rings (SSSR count). The summed E-state index contributed by atoms with van der Waals surface area (Å²) in [5, 5.41) is 9.39. The molecule has 1 saturated heterocycles. The van der Waals surface area contributed by atoms with Crippen LogP contribution in [0, 0.1) is 0 Å². The number of amides is 1. The van der Waals surface area contributed by atoms with E-state index in [1.54, 1.807) is 6.92 Å². The minimum atomic E-state index is -3.03. The molecule has 0 radical (unpaired) electrons. The van der Waals surface area contributed by atoms with E-state index in [-0.39, 0.29) is 29.1 Å². The summed E-state index contributed by atoms with van der Waals surface area (Å²) in [4.78, 5) is 15.6. The summed E-state index contributed by atoms with van der Waals surface area (Å²) in [6.45, 7) is 1.74. The molecular weight excluding hydrogens is 290 g/mol. The Morgan fingerprint density at radius 2 is 2.37 bits per heavy atom. The van der Waals surface area contributed by atoms with Gasteiger partial charge >= 0.3 is 0 Å². The first-order valence-corrected chi connectivity index (χ1v) is 8.41. The van der Waals surface area contributed by atoms with E-state index in [9.17, 15) is 13.2 Å². The molecule has 1 aromatic heterocycles. The number of aromatic amines is 1. The summed E-state index contributed by atoms with van der Waals surface area (Å²) in [7, 11) is -3.03. The van der Waals surface area contributed by atoms with Gasteiger partial charge in [-0.15, -0.1) is 5.10 Å². The Morgan fingerprint density at radius 3 is 2.89 bits per heavy atom. The van der Waals surface area contributed by atoms with Crippen LogP contribution in [-0.2, 0) is 14.6 Å². The van der Waals surface area contributed by atoms with Crippen molar-refractivity contribution in [2.45, 2.75) is 24.0 Å². The first-order chi connectivity index (χ1) is 8.78. The van der Waals surface area contributed by atoms with Gasteiger partial charge in [0.15, 0.2) is 9.84 Å². The summed E-state index contributed by atoms with van der Waals surface area (Å²) >= 11 is 1.14. The van der Waals surface area contributed by atoms with Crippen molar-refractivity contribution in [3.05, 3.63) is 0 Å². The van der Waals surface area contributed by atoms with Crippen LogP contribution in [0.25, 0.3) is 0 Å². The second kappa shape index (κ2) is 5.00. The molecule has 4 N–H and O–H groups in total. The molecule has 1 amide bonds. The molecule has 10 heteroatoms. The van der Waals surface area contributed by atoms with Crippen molar-refractivity contribution in [1.29, 1.82) is 0 Å². The number of nitrogen functional groups attached to an aromatic ring is 1. The van der Waals surface area contributed by atoms with E-state index < -0.39 is 15.4 Å². The number of sulfone groups is 1. The number of nitrogens with zero attached hydrogens (tertiary/aromatic N) is 2. The van der Waals surface area contributed by atoms with Gasteiger partial charge in [-0.1, -0.05) is 11.8 Å². The average Bonchev–Trinajstić information content (AvgIpc) is 2.80. The van der Waals surface area contributed by atoms with Crippen molar-refractivity contribution < 1.29 is 13.2 Å². The maximum atomic E-state index is 11.8. The molecule has 0 aromatic carbocycles. The van der Waals surface area contributed by atoms with Gasteiger partial charge in [-0.25, -0.2) is 13.5 Å². The second-order valence-electron chi connectivity index (χ2n) is 4.74. The fraction of sp³-hybridized carbons (Fsp3) is 0.667. The highest BCUT2D eigenvalue weighted by atomic mass is 32.2. The molecule has 1 aromatic rings. The van der Waals surface area contributed by atoms with Gasteiger partial charge in [0.2, 0.25) is 17.0 Å². The number of H-pyrrole nitrogens is 1. The maximum Gasteiger partial charge on any atom is 0.230 e. The Labute approximate surface area is 114 Å². The third-order valence-electron chi connectivity index (χ3n) is 2.76. The first-order valence-electron chi connectivity index (χ1n) is 5.60. The number of nitrogens with two attached hydrogens (primary N) is 1. The lowest BCUT2D eigenvalue weighted by Crippen LogP contribution is -2.47. The fourth-order valence-corrected chi connectivity index (χ4v) is 4.63. The Kier molecular flexibility index (Phi) is 3.72. The second-order valence-corrected chi connectivity index (χ2v) is 7.87. The standard InChI is InChI=1S/C9H15N5O3S2/c1-9(2-3-19(16,17)5-9)12-6(15)4-18-8-11-7(10)13-14-8/h2-5H2,1H3,(H,12,15)(H3,10,11,13,14)/t9-/m0/s1. The van der Waals surface area contributed by atoms with E-state index in [1.165, 1.54) is 0 Å². The van der Waals surface area contributed by atoms with Gasteiger partial charge in [-0.05, 0) is 13.3 Å². The number of rotatable bonds is 4. The van der Waals surface area contributed by atoms with Gasteiger partial charge in [0, 0.05) is 0 Å². The predicted octanol–water partition coefficient (Wildman–Crippen LogP) is -0.828. The van der Waals surface area contributed by atoms with Crippen LogP contribution >= 0.6 is 11.8 Å². The molecule has 0 aliphatic carbocycles. The van der Waals surface area contributed by atoms with E-state index in [1.807, 2.05) is 0 Å². The van der Waals surface area contributed by atoms with Crippen LogP contribution in [0.2, 0.25) is 0 Å². The number of hydrogen-bond donors (Lipinski definition) is 3. The molecule has 0 spiro atoms. The first kappa shape index (κ1) is 14.1. The van der Waals surface area contributed by atoms with E-state index in [2.05, 4.69) is 20.5 Å². The van der Waals surface area contributed by atoms with Crippen LogP contribution in [0.1, 0.15) is 13.3 Å². The maximum absolute atomic E-state index is 11.8. The van der Waals surface area contributed by atoms with Crippen molar-refractivity contribution in [2.75, 3.05) is 23.0 Å². The highest BCUT2D eigenvalue weighted by molar-refractivity contribution is 7.99. The summed E-state index contributed by atoms with van der Waals surface area (Å²) < 4.78 is 22.8. The molecule has 0 saturated carbocycles. The number of hydrogen-bond acceptors (Lipinski definition) is 7. The van der Waals surface area contributed by atoms with Gasteiger partial charge in [-0.2, -0.15) is 4.98 Å². The number of carbonyl (C=O) groups excluding carboxylic acids is 1. The smallest absolute Gasteiger partial charge is 0.230 e. The largest absolute Gasteiger partial charge is 0.368 e. The zero-order valence-corrected chi connectivity index (χ0v) is 12.0. The molecule has 106 valence electrons. The molecule has 19 heavy (non-hydrogen) atoms. The molecule has 1 fully saturated rings. The monoisotopic (exact) mass is 305 g/mol. The van der Waals surface area contributed by atoms with Gasteiger partial charge in [-0.3, -0.25) is 4.79 Å². The van der Waals surface area contributed by atoms with Gasteiger partial charge in [0.25, 0.3) is 0 Å². The molecule has 1 aliphatic heterocycles. The zero-order chi connectivity index (χ0) is 14.1. The Morgan fingerprint density at radius 1 is 1.63 bits per heavy atom. The predicted molar refractivity (Wildman–Crippen MR) is 71.3 cm³/mol. The van der Waals surface area contributed by atoms with Crippen LogP contribution < -0.4 is 11.1 Å². The Bertz CT molecular complexity index is 584. The summed E-state index contributed by atoms with van der Waals surface area (Å²) in [6.07, 6.45) is 0.444. The number of anilines is 1. The highest BCUT2D eigenvalue weighted by Crippen LogP contribution is 2.23. The summed E-state index contributed by atoms with van der Waals surface area (Å²) in [5.41, 5.74) is 4.69. The van der Waals surface area contributed by atoms with Gasteiger partial charge in [0.1, 0.15) is 0 Å². The quantitative estimate of drug-likeness (QED) is 0.619. The summed E-state index contributed by atoms with van der Waals surface area (Å²) in [5.74, 6) is 0.176. The van der Waals surface area contributed by atoms with E-state index >= 15 is 0 Å². The molecule has 0 bridgehead atoms. The Hall–Kier alpha value is -1.29. The van der Waals surface area contributed by atoms with Crippen molar-refractivity contribution in [1.82, 2.24) is 20.5 Å². The lowest BCUT2D eigenvalue weighted by atomic mass is 10.0. The van der Waals surface area contributed by atoms with Crippen LogP contribution in [0.15, 0.2) is 5.16 Å². The highest BCUT2D eigenvalue weighted by Gasteiger charge is 2.39. The fourth-order valence-electron chi connectivity index (χ4n) is 1.93. The van der Waals surface area contributed by atoms with E-state index in [0.29, 0.717) is 11.6 Å². The van der Waals surface area contributed by atoms with Crippen molar-refractivity contribution >= 4 is 33.5 Å². The van der Waals surface area contributed by atoms with E-state index in [4.69, 9.17) is 5.73 Å². The Balaban J connectivity index is 1.85. The molecule has 2 heterocycles. The van der Waals surface area contributed by atoms with Crippen LogP contribution in [-0.4, -0.2) is 52.3 Å². The molecular formula is C9H15N5O3S2. The normalized spacial score (nSPS) is 25.3. The van der Waals surface area contributed by atoms with E-state index in [0.717, 1.165) is 11.8 Å². The van der Waals surface area contributed by atoms with Crippen LogP contribution in [0.5, 0.6) is 0 Å². The molecule has 8 nitrogen and oxygen atoms in total. The van der Waals surface area contributed by atoms with Crippen LogP contribution in [0.3, 0.4) is 0 Å². The van der Waals surface area contributed by atoms with Crippen molar-refractivity contribution in [2.24, 2.45) is 0 Å². The molecule has 1 atom stereocenters. The SMILES string of the molecule is C[C@]1(NC(=O)CSc2n[nH]c(N)n2)CCS(=O)(=O)C1. The zero-order valence-electron chi connectivity index (χ0n) is 10.3. The third kappa shape index (κ3) is 3.83. The third-order valence-corrected chi connectivity index (χ3v) is 5.51. The van der Waals surface area contributed by atoms with Gasteiger partial charge < -0.3 is 11.1 Å². The number of nitrogens with one attached hydrogen (secondary N) is 2. The number of aromatic nitrogens is 3. The summed E-state index contributed by atoms with van der Waals surface area (Å²) in [6, 6.07) is 0. The minimum absolute atomic E-state index is 0.00991. The van der Waals surface area contributed by atoms with Crippen molar-refractivity contribution in [3.63, 3.8) is 0 Å². The number of carbonyl (C=O) groups is 1.